The minimum Gasteiger partial charge on any atom is -0.331 e. The van der Waals surface area contributed by atoms with Gasteiger partial charge in [0.2, 0.25) is 5.95 Å². The molecule has 9 heteroatoms. The van der Waals surface area contributed by atoms with E-state index in [0.717, 1.165) is 0 Å². The van der Waals surface area contributed by atoms with Crippen LogP contribution in [0.5, 0.6) is 0 Å². The van der Waals surface area contributed by atoms with E-state index in [0.29, 0.717) is 22.3 Å². The van der Waals surface area contributed by atoms with Crippen LogP contribution in [0.2, 0.25) is 0 Å². The van der Waals surface area contributed by atoms with Crippen molar-refractivity contribution in [3.63, 3.8) is 0 Å². The van der Waals surface area contributed by atoms with E-state index in [1.54, 1.807) is 49.5 Å². The molecule has 4 aromatic rings. The number of carbonyl (C=O) groups excluding carboxylic acids is 1. The minimum absolute atomic E-state index is 0.00905. The summed E-state index contributed by atoms with van der Waals surface area (Å²) < 4.78 is 17.9. The molecule has 0 spiro atoms. The van der Waals surface area contributed by atoms with Crippen molar-refractivity contribution < 1.29 is 9.18 Å². The number of nitrogens with one attached hydrogen (secondary N) is 1. The maximum atomic E-state index is 15.0. The zero-order chi connectivity index (χ0) is 20.2. The Morgan fingerprint density at radius 1 is 1.17 bits per heavy atom. The lowest BCUT2D eigenvalue weighted by atomic mass is 9.87. The lowest BCUT2D eigenvalue weighted by Crippen LogP contribution is -2.58. The van der Waals surface area contributed by atoms with Crippen molar-refractivity contribution in [1.82, 2.24) is 29.3 Å². The highest BCUT2D eigenvalue weighted by atomic mass is 19.1. The van der Waals surface area contributed by atoms with Gasteiger partial charge in [0, 0.05) is 6.20 Å². The number of aromatic nitrogens is 5. The molecule has 1 aliphatic rings. The summed E-state index contributed by atoms with van der Waals surface area (Å²) in [5.41, 5.74) is -0.00633. The van der Waals surface area contributed by atoms with Gasteiger partial charge in [-0.3, -0.25) is 14.6 Å². The number of H-pyrrole nitrogens is 1. The number of nitrogens with zero attached hydrogens (tertiary/aromatic N) is 5. The van der Waals surface area contributed by atoms with Gasteiger partial charge in [-0.2, -0.15) is 5.10 Å². The summed E-state index contributed by atoms with van der Waals surface area (Å²) in [4.78, 5) is 29.2. The molecule has 1 saturated heterocycles. The molecule has 0 saturated carbocycles. The van der Waals surface area contributed by atoms with Crippen LogP contribution >= 0.6 is 0 Å². The fourth-order valence-corrected chi connectivity index (χ4v) is 3.65. The molecule has 0 bridgehead atoms. The molecule has 1 N–H and O–H groups in total. The van der Waals surface area contributed by atoms with E-state index < -0.39 is 5.67 Å². The van der Waals surface area contributed by atoms with E-state index in [-0.39, 0.29) is 30.5 Å². The van der Waals surface area contributed by atoms with Crippen LogP contribution in [-0.2, 0) is 5.67 Å². The highest BCUT2D eigenvalue weighted by molar-refractivity contribution is 5.96. The van der Waals surface area contributed by atoms with Gasteiger partial charge in [0.15, 0.2) is 5.67 Å². The van der Waals surface area contributed by atoms with Crippen LogP contribution in [0.15, 0.2) is 59.7 Å². The van der Waals surface area contributed by atoms with E-state index in [9.17, 15) is 9.59 Å². The summed E-state index contributed by atoms with van der Waals surface area (Å²) >= 11 is 0. The highest BCUT2D eigenvalue weighted by Gasteiger charge is 2.47. The highest BCUT2D eigenvalue weighted by Crippen LogP contribution is 2.37. The maximum Gasteiger partial charge on any atom is 0.276 e. The summed E-state index contributed by atoms with van der Waals surface area (Å²) in [6, 6.07) is 12.2. The van der Waals surface area contributed by atoms with Crippen molar-refractivity contribution in [2.75, 3.05) is 13.1 Å². The molecule has 1 amide bonds. The van der Waals surface area contributed by atoms with Crippen molar-refractivity contribution in [2.45, 2.75) is 12.6 Å². The number of hydrogen-bond acceptors (Lipinski definition) is 4. The third-order valence-corrected chi connectivity index (χ3v) is 5.29. The molecule has 0 aliphatic carbocycles. The lowest BCUT2D eigenvalue weighted by Gasteiger charge is -2.44. The summed E-state index contributed by atoms with van der Waals surface area (Å²) in [7, 11) is 0. The van der Waals surface area contributed by atoms with E-state index in [1.807, 2.05) is 6.07 Å². The molecule has 5 rings (SSSR count). The average molecular weight is 392 g/mol. The molecule has 0 unspecified atom stereocenters. The first-order valence-electron chi connectivity index (χ1n) is 9.13. The van der Waals surface area contributed by atoms with Crippen molar-refractivity contribution in [2.24, 2.45) is 0 Å². The summed E-state index contributed by atoms with van der Waals surface area (Å²) in [5, 5.41) is 8.52. The number of hydrogen-bond donors (Lipinski definition) is 1. The van der Waals surface area contributed by atoms with Gasteiger partial charge in [-0.1, -0.05) is 30.3 Å². The first kappa shape index (κ1) is 17.4. The second-order valence-electron chi connectivity index (χ2n) is 7.16. The average Bonchev–Trinajstić information content (AvgIpc) is 3.32. The number of aromatic amines is 1. The van der Waals surface area contributed by atoms with Gasteiger partial charge >= 0.3 is 0 Å². The van der Waals surface area contributed by atoms with Crippen LogP contribution < -0.4 is 5.56 Å². The number of benzene rings is 1. The molecule has 0 atom stereocenters. The van der Waals surface area contributed by atoms with E-state index in [1.165, 1.54) is 20.3 Å². The third-order valence-electron chi connectivity index (χ3n) is 5.29. The second kappa shape index (κ2) is 6.13. The van der Waals surface area contributed by atoms with Crippen LogP contribution in [0.3, 0.4) is 0 Å². The van der Waals surface area contributed by atoms with Crippen molar-refractivity contribution >= 4 is 11.4 Å². The number of amides is 1. The standard InChI is InChI=1S/C20H17FN6O2/c1-13-15(18(29)25-11-20(21,12-25)14-6-3-2-4-7-14)10-22-27(13)19-23-17(28)16-8-5-9-26(16)24-19/h2-10H,11-12H2,1H3,(H,23,24,28). The monoisotopic (exact) mass is 392 g/mol. The fourth-order valence-electron chi connectivity index (χ4n) is 3.65. The molecule has 0 radical (unpaired) electrons. The predicted molar refractivity (Wildman–Crippen MR) is 103 cm³/mol. The Labute approximate surface area is 164 Å². The van der Waals surface area contributed by atoms with Crippen LogP contribution in [0, 0.1) is 6.92 Å². The number of likely N-dealkylation sites (tertiary alicyclic amines) is 1. The Kier molecular flexibility index (Phi) is 3.67. The van der Waals surface area contributed by atoms with Crippen LogP contribution in [-0.4, -0.2) is 48.3 Å². The first-order chi connectivity index (χ1) is 14.0. The van der Waals surface area contributed by atoms with Crippen molar-refractivity contribution in [3.05, 3.63) is 82.0 Å². The van der Waals surface area contributed by atoms with E-state index in [4.69, 9.17) is 0 Å². The van der Waals surface area contributed by atoms with Gasteiger partial charge in [-0.05, 0) is 24.6 Å². The lowest BCUT2D eigenvalue weighted by molar-refractivity contribution is -0.0231. The number of rotatable bonds is 3. The number of fused-ring (bicyclic) bond motifs is 1. The fraction of sp³-hybridized carbons (Fsp3) is 0.200. The molecule has 1 aliphatic heterocycles. The summed E-state index contributed by atoms with van der Waals surface area (Å²) in [6.45, 7) is 1.69. The molecular weight excluding hydrogens is 375 g/mol. The number of alkyl halides is 1. The normalized spacial score (nSPS) is 15.4. The topological polar surface area (TPSA) is 88.3 Å². The zero-order valence-corrected chi connectivity index (χ0v) is 15.5. The minimum atomic E-state index is -1.53. The molecule has 1 aromatic carbocycles. The van der Waals surface area contributed by atoms with Gasteiger partial charge in [0.05, 0.1) is 30.5 Å². The Morgan fingerprint density at radius 2 is 1.93 bits per heavy atom. The van der Waals surface area contributed by atoms with Crippen molar-refractivity contribution in [1.29, 1.82) is 0 Å². The SMILES string of the molecule is Cc1c(C(=O)N2CC(F)(c3ccccc3)C2)cnn1-c1nn2cccc2c(=O)[nH]1. The smallest absolute Gasteiger partial charge is 0.276 e. The van der Waals surface area contributed by atoms with Crippen LogP contribution in [0.25, 0.3) is 11.5 Å². The largest absolute Gasteiger partial charge is 0.331 e. The number of halogens is 1. The van der Waals surface area contributed by atoms with Gasteiger partial charge < -0.3 is 4.90 Å². The third kappa shape index (κ3) is 2.65. The van der Waals surface area contributed by atoms with Gasteiger partial charge in [0.25, 0.3) is 11.5 Å². The number of carbonyl (C=O) groups is 1. The molecule has 8 nitrogen and oxygen atoms in total. The van der Waals surface area contributed by atoms with Crippen molar-refractivity contribution in [3.8, 4) is 5.95 Å². The Balaban J connectivity index is 1.41. The Hall–Kier alpha value is -3.75. The molecule has 1 fully saturated rings. The molecule has 4 heterocycles. The summed E-state index contributed by atoms with van der Waals surface area (Å²) in [6.07, 6.45) is 3.07. The molecule has 29 heavy (non-hydrogen) atoms. The second-order valence-corrected chi connectivity index (χ2v) is 7.16. The van der Waals surface area contributed by atoms with E-state index in [2.05, 4.69) is 15.2 Å². The molecular formula is C20H17FN6O2. The van der Waals surface area contributed by atoms with Crippen LogP contribution in [0.1, 0.15) is 21.6 Å². The molecule has 146 valence electrons. The van der Waals surface area contributed by atoms with Gasteiger partial charge in [-0.15, -0.1) is 5.10 Å². The summed E-state index contributed by atoms with van der Waals surface area (Å²) in [5.74, 6) is -0.106. The van der Waals surface area contributed by atoms with Gasteiger partial charge in [0.1, 0.15) is 5.52 Å². The van der Waals surface area contributed by atoms with Gasteiger partial charge in [-0.25, -0.2) is 13.6 Å². The Morgan fingerprint density at radius 3 is 2.69 bits per heavy atom. The Bertz CT molecular complexity index is 1280. The zero-order valence-electron chi connectivity index (χ0n) is 15.5. The van der Waals surface area contributed by atoms with Crippen LogP contribution in [0.4, 0.5) is 4.39 Å². The quantitative estimate of drug-likeness (QED) is 0.576. The van der Waals surface area contributed by atoms with E-state index >= 15 is 4.39 Å². The maximum absolute atomic E-state index is 15.0. The predicted octanol–water partition coefficient (Wildman–Crippen LogP) is 1.84. The molecule has 3 aromatic heterocycles. The first-order valence-corrected chi connectivity index (χ1v) is 9.13.